The first-order valence-corrected chi connectivity index (χ1v) is 6.29. The summed E-state index contributed by atoms with van der Waals surface area (Å²) in [6, 6.07) is -2.54. The largest absolute Gasteiger partial charge is 0.447 e. The second-order valence-electron chi connectivity index (χ2n) is 4.67. The molecule has 2 heterocycles. The van der Waals surface area contributed by atoms with E-state index in [4.69, 9.17) is 15.1 Å². The normalized spacial score (nSPS) is 29.5. The molecule has 0 bridgehead atoms. The molecule has 2 aromatic rings. The van der Waals surface area contributed by atoms with E-state index in [1.165, 1.54) is 7.05 Å². The molecule has 1 saturated heterocycles. The van der Waals surface area contributed by atoms with Crippen LogP contribution in [0.1, 0.15) is 26.2 Å². The van der Waals surface area contributed by atoms with E-state index in [1.807, 2.05) is 0 Å². The number of fused-ring (bicyclic) bond motifs is 1. The van der Waals surface area contributed by atoms with Crippen molar-refractivity contribution in [2.45, 2.75) is 18.8 Å². The van der Waals surface area contributed by atoms with E-state index >= 15 is 0 Å². The third kappa shape index (κ3) is 3.19. The number of amides is 1. The van der Waals surface area contributed by atoms with Crippen molar-refractivity contribution in [3.63, 3.8) is 0 Å². The van der Waals surface area contributed by atoms with Gasteiger partial charge in [0.2, 0.25) is 0 Å². The van der Waals surface area contributed by atoms with Crippen molar-refractivity contribution in [3.8, 4) is 0 Å². The van der Waals surface area contributed by atoms with Gasteiger partial charge in [-0.25, -0.2) is 4.79 Å². The lowest BCUT2D eigenvalue weighted by atomic mass is 10.0. The standard InChI is InChI=1S/C16H21N3O2/c1-19(2)6-5-12-9-17-15-4-3-11(8-14(12)15)7-13-10-21-16(20)18-13/h3-4,8-9,13,17H,5-7,10H2,1-2H3,(H,18,20)/t13-/m0/s1/i1D3,3D,4D,5D2,8D,9D,10D2. The van der Waals surface area contributed by atoms with Gasteiger partial charge in [-0.05, 0) is 50.0 Å². The number of cyclic esters (lactones) is 1. The minimum absolute atomic E-state index is 0.126. The van der Waals surface area contributed by atoms with Gasteiger partial charge in [0.1, 0.15) is 6.56 Å². The van der Waals surface area contributed by atoms with Crippen LogP contribution in [0.3, 0.4) is 0 Å². The van der Waals surface area contributed by atoms with Crippen molar-refractivity contribution in [1.29, 1.82) is 0 Å². The Hall–Kier alpha value is -2.01. The van der Waals surface area contributed by atoms with E-state index in [2.05, 4.69) is 15.0 Å². The highest BCUT2D eigenvalue weighted by molar-refractivity contribution is 5.84. The molecule has 3 rings (SSSR count). The number of hydrogen-bond acceptors (Lipinski definition) is 3. The molecule has 0 saturated carbocycles. The highest BCUT2D eigenvalue weighted by Crippen LogP contribution is 2.21. The maximum absolute atomic E-state index is 11.4. The number of H-pyrrole nitrogens is 1. The summed E-state index contributed by atoms with van der Waals surface area (Å²) in [5.74, 6) is 0. The van der Waals surface area contributed by atoms with Gasteiger partial charge < -0.3 is 19.9 Å². The molecule has 1 atom stereocenters. The van der Waals surface area contributed by atoms with E-state index in [0.717, 1.165) is 4.90 Å². The van der Waals surface area contributed by atoms with Crippen LogP contribution >= 0.6 is 0 Å². The summed E-state index contributed by atoms with van der Waals surface area (Å²) in [4.78, 5) is 14.7. The molecule has 2 N–H and O–H groups in total. The Balaban J connectivity index is 2.17. The maximum atomic E-state index is 11.4. The van der Waals surface area contributed by atoms with Gasteiger partial charge in [0.05, 0.1) is 14.3 Å². The van der Waals surface area contributed by atoms with Crippen LogP contribution < -0.4 is 5.32 Å². The first-order valence-electron chi connectivity index (χ1n) is 11.8. The molecule has 1 fully saturated rings. The van der Waals surface area contributed by atoms with Gasteiger partial charge in [0.25, 0.3) is 0 Å². The SMILES string of the molecule is [2H]c1[nH]c2c([2H])c([2H])c(C[C@@H]3NC(=O)OC3([2H])[2H])c([2H])c2c1C([2H])([2H])CN(C)C([2H])([2H])[2H]. The average molecular weight is 298 g/mol. The molecule has 1 aromatic heterocycles. The van der Waals surface area contributed by atoms with Crippen LogP contribution in [0.25, 0.3) is 10.9 Å². The summed E-state index contributed by atoms with van der Waals surface area (Å²) in [5, 5.41) is 2.09. The summed E-state index contributed by atoms with van der Waals surface area (Å²) in [5.41, 5.74) is -0.598. The van der Waals surface area contributed by atoms with Crippen LogP contribution in [0.2, 0.25) is 0 Å². The first-order chi connectivity index (χ1) is 14.5. The molecule has 1 amide bonds. The lowest BCUT2D eigenvalue weighted by molar-refractivity contribution is 0.177. The summed E-state index contributed by atoms with van der Waals surface area (Å²) >= 11 is 0. The topological polar surface area (TPSA) is 57.4 Å². The van der Waals surface area contributed by atoms with Crippen LogP contribution in [-0.4, -0.2) is 49.1 Å². The monoisotopic (exact) mass is 298 g/mol. The summed E-state index contributed by atoms with van der Waals surface area (Å²) in [7, 11) is 1.19. The van der Waals surface area contributed by atoms with Crippen LogP contribution in [0.5, 0.6) is 0 Å². The third-order valence-electron chi connectivity index (χ3n) is 2.91. The summed E-state index contributed by atoms with van der Waals surface area (Å²) < 4.78 is 92.6. The van der Waals surface area contributed by atoms with Crippen LogP contribution in [0.15, 0.2) is 24.3 Å². The van der Waals surface area contributed by atoms with E-state index in [-0.39, 0.29) is 28.5 Å². The van der Waals surface area contributed by atoms with Gasteiger partial charge in [0.15, 0.2) is 0 Å². The Bertz CT molecular complexity index is 1080. The predicted molar refractivity (Wildman–Crippen MR) is 82.5 cm³/mol. The zero-order valence-electron chi connectivity index (χ0n) is 22.3. The molecule has 0 spiro atoms. The highest BCUT2D eigenvalue weighted by Gasteiger charge is 2.22. The lowest BCUT2D eigenvalue weighted by Gasteiger charge is -2.09. The average Bonchev–Trinajstić information content (AvgIpc) is 3.11. The Kier molecular flexibility index (Phi) is 1.65. The fourth-order valence-corrected chi connectivity index (χ4v) is 1.97. The quantitative estimate of drug-likeness (QED) is 0.887. The molecular formula is C16H21N3O2. The highest BCUT2D eigenvalue weighted by atomic mass is 16.6. The van der Waals surface area contributed by atoms with Crippen LogP contribution in [0, 0.1) is 0 Å². The molecule has 1 aliphatic rings. The molecule has 1 aliphatic heterocycles. The molecule has 112 valence electrons. The van der Waals surface area contributed by atoms with E-state index in [1.54, 1.807) is 0 Å². The van der Waals surface area contributed by atoms with Crippen LogP contribution in [-0.2, 0) is 17.5 Å². The number of ether oxygens (including phenoxy) is 1. The number of likely N-dealkylation sites (N-methyl/N-ethyl adjacent to an activating group) is 1. The number of carbonyl (C=O) groups excluding carboxylic acids is 1. The fourth-order valence-electron chi connectivity index (χ4n) is 1.97. The Labute approximate surface area is 139 Å². The van der Waals surface area contributed by atoms with Gasteiger partial charge in [-0.3, -0.25) is 0 Å². The Morgan fingerprint density at radius 1 is 1.67 bits per heavy atom. The minimum Gasteiger partial charge on any atom is -0.447 e. The van der Waals surface area contributed by atoms with Gasteiger partial charge in [-0.2, -0.15) is 0 Å². The van der Waals surface area contributed by atoms with Gasteiger partial charge in [0, 0.05) is 30.5 Å². The van der Waals surface area contributed by atoms with Crippen molar-refractivity contribution in [2.24, 2.45) is 0 Å². The number of nitrogens with zero attached hydrogens (tertiary/aromatic N) is 1. The number of benzene rings is 1. The number of aromatic nitrogens is 1. The van der Waals surface area contributed by atoms with Crippen molar-refractivity contribution in [1.82, 2.24) is 15.2 Å². The molecular weight excluding hydrogens is 266 g/mol. The van der Waals surface area contributed by atoms with E-state index < -0.39 is 62.9 Å². The molecule has 21 heavy (non-hydrogen) atoms. The number of rotatable bonds is 5. The molecule has 5 nitrogen and oxygen atoms in total. The fraction of sp³-hybridized carbons (Fsp3) is 0.438. The number of nitrogens with one attached hydrogen (secondary N) is 2. The zero-order valence-corrected chi connectivity index (χ0v) is 11.3. The summed E-state index contributed by atoms with van der Waals surface area (Å²) in [6.07, 6.45) is -4.27. The zero-order chi connectivity index (χ0) is 24.4. The van der Waals surface area contributed by atoms with Gasteiger partial charge >= 0.3 is 6.09 Å². The second-order valence-corrected chi connectivity index (χ2v) is 4.67. The van der Waals surface area contributed by atoms with Crippen molar-refractivity contribution in [2.75, 3.05) is 27.1 Å². The van der Waals surface area contributed by atoms with Crippen molar-refractivity contribution < 1.29 is 24.6 Å². The molecule has 0 unspecified atom stereocenters. The molecule has 1 aromatic carbocycles. The van der Waals surface area contributed by atoms with Gasteiger partial charge in [-0.15, -0.1) is 0 Å². The Morgan fingerprint density at radius 2 is 2.57 bits per heavy atom. The second kappa shape index (κ2) is 5.77. The van der Waals surface area contributed by atoms with E-state index in [0.29, 0.717) is 0 Å². The third-order valence-corrected chi connectivity index (χ3v) is 2.91. The van der Waals surface area contributed by atoms with Crippen molar-refractivity contribution >= 4 is 17.0 Å². The number of aromatic amines is 1. The smallest absolute Gasteiger partial charge is 0.407 e. The minimum atomic E-state index is -2.60. The molecule has 5 heteroatoms. The maximum Gasteiger partial charge on any atom is 0.407 e. The first kappa shape index (κ1) is 6.01. The lowest BCUT2D eigenvalue weighted by Crippen LogP contribution is -2.28. The van der Waals surface area contributed by atoms with Crippen molar-refractivity contribution in [3.05, 3.63) is 35.4 Å². The van der Waals surface area contributed by atoms with E-state index in [9.17, 15) is 4.79 Å². The summed E-state index contributed by atoms with van der Waals surface area (Å²) in [6.45, 7) is -5.66. The number of carbonyl (C=O) groups is 1. The van der Waals surface area contributed by atoms with Crippen LogP contribution in [0.4, 0.5) is 4.79 Å². The van der Waals surface area contributed by atoms with Gasteiger partial charge in [-0.1, -0.05) is 6.04 Å². The number of alkyl carbamates (subject to hydrolysis) is 1. The molecule has 0 aliphatic carbocycles. The Morgan fingerprint density at radius 3 is 3.33 bits per heavy atom. The predicted octanol–water partition coefficient (Wildman–Crippen LogP) is 1.92. The number of hydrogen-bond donors (Lipinski definition) is 2. The molecule has 0 radical (unpaired) electrons.